The number of benzene rings is 2. The van der Waals surface area contributed by atoms with Crippen LogP contribution >= 0.6 is 11.6 Å². The lowest BCUT2D eigenvalue weighted by Crippen LogP contribution is -2.15. The molecule has 0 spiro atoms. The van der Waals surface area contributed by atoms with Gasteiger partial charge in [-0.2, -0.15) is 0 Å². The van der Waals surface area contributed by atoms with Gasteiger partial charge in [0, 0.05) is 16.1 Å². The van der Waals surface area contributed by atoms with E-state index < -0.39 is 10.0 Å². The summed E-state index contributed by atoms with van der Waals surface area (Å²) in [5, 5.41) is 4.46. The minimum absolute atomic E-state index is 0.00491. The summed E-state index contributed by atoms with van der Waals surface area (Å²) in [6.45, 7) is 5.47. The van der Waals surface area contributed by atoms with Crippen LogP contribution < -0.4 is 9.46 Å². The van der Waals surface area contributed by atoms with E-state index in [-0.39, 0.29) is 10.6 Å². The number of hydrogen-bond acceptors (Lipinski definition) is 5. The highest BCUT2D eigenvalue weighted by Gasteiger charge is 2.23. The summed E-state index contributed by atoms with van der Waals surface area (Å²) in [5.41, 5.74) is 3.36. The van der Waals surface area contributed by atoms with E-state index in [0.29, 0.717) is 27.6 Å². The Balaban J connectivity index is 2.08. The first-order chi connectivity index (χ1) is 12.7. The molecule has 0 aliphatic heterocycles. The first-order valence-electron chi connectivity index (χ1n) is 8.13. The minimum Gasteiger partial charge on any atom is -0.495 e. The SMILES string of the molecule is COc1ccc(-c2onc(C)c2C)cc1S(=O)(=O)Nc1ccc(Cl)cc1C. The topological polar surface area (TPSA) is 81.4 Å². The summed E-state index contributed by atoms with van der Waals surface area (Å²) in [6, 6.07) is 9.78. The van der Waals surface area contributed by atoms with Crippen molar-refractivity contribution in [1.29, 1.82) is 0 Å². The van der Waals surface area contributed by atoms with Crippen LogP contribution in [0.15, 0.2) is 45.8 Å². The van der Waals surface area contributed by atoms with Gasteiger partial charge in [-0.15, -0.1) is 0 Å². The number of aromatic nitrogens is 1. The molecule has 1 heterocycles. The molecule has 1 N–H and O–H groups in total. The zero-order valence-electron chi connectivity index (χ0n) is 15.3. The van der Waals surface area contributed by atoms with Crippen molar-refractivity contribution >= 4 is 27.3 Å². The Morgan fingerprint density at radius 1 is 1.11 bits per heavy atom. The monoisotopic (exact) mass is 406 g/mol. The molecular weight excluding hydrogens is 388 g/mol. The Bertz CT molecular complexity index is 1110. The highest BCUT2D eigenvalue weighted by Crippen LogP contribution is 2.33. The van der Waals surface area contributed by atoms with Crippen LogP contribution in [0.2, 0.25) is 5.02 Å². The number of hydrogen-bond donors (Lipinski definition) is 1. The van der Waals surface area contributed by atoms with Crippen LogP contribution in [0.5, 0.6) is 5.75 Å². The maximum atomic E-state index is 13.0. The van der Waals surface area contributed by atoms with Gasteiger partial charge in [0.25, 0.3) is 10.0 Å². The number of anilines is 1. The molecule has 0 bridgehead atoms. The quantitative estimate of drug-likeness (QED) is 0.662. The van der Waals surface area contributed by atoms with Crippen LogP contribution in [-0.4, -0.2) is 20.7 Å². The molecule has 6 nitrogen and oxygen atoms in total. The smallest absolute Gasteiger partial charge is 0.265 e. The Morgan fingerprint density at radius 3 is 2.44 bits per heavy atom. The van der Waals surface area contributed by atoms with Gasteiger partial charge in [0.2, 0.25) is 0 Å². The normalized spacial score (nSPS) is 11.4. The molecule has 0 atom stereocenters. The molecule has 3 aromatic rings. The average molecular weight is 407 g/mol. The lowest BCUT2D eigenvalue weighted by Gasteiger charge is -2.14. The highest BCUT2D eigenvalue weighted by molar-refractivity contribution is 7.92. The van der Waals surface area contributed by atoms with Gasteiger partial charge in [-0.25, -0.2) is 8.42 Å². The lowest BCUT2D eigenvalue weighted by atomic mass is 10.1. The van der Waals surface area contributed by atoms with Gasteiger partial charge >= 0.3 is 0 Å². The second-order valence-corrected chi connectivity index (χ2v) is 8.24. The fraction of sp³-hybridized carbons (Fsp3) is 0.211. The standard InChI is InChI=1S/C19H19ClN2O4S/c1-11-9-15(20)6-7-16(11)22-27(23,24)18-10-14(5-8-17(18)25-4)19-12(2)13(3)21-26-19/h5-10,22H,1-4H3. The van der Waals surface area contributed by atoms with E-state index in [1.807, 2.05) is 13.8 Å². The predicted octanol–water partition coefficient (Wildman–Crippen LogP) is 4.73. The fourth-order valence-corrected chi connectivity index (χ4v) is 4.21. The summed E-state index contributed by atoms with van der Waals surface area (Å²) < 4.78 is 39.2. The van der Waals surface area contributed by atoms with Crippen molar-refractivity contribution in [2.75, 3.05) is 11.8 Å². The zero-order valence-corrected chi connectivity index (χ0v) is 16.9. The fourth-order valence-electron chi connectivity index (χ4n) is 2.65. The van der Waals surface area contributed by atoms with Gasteiger partial charge in [-0.1, -0.05) is 16.8 Å². The van der Waals surface area contributed by atoms with Crippen molar-refractivity contribution < 1.29 is 17.7 Å². The Kier molecular flexibility index (Phi) is 5.17. The van der Waals surface area contributed by atoms with Gasteiger partial charge in [0.15, 0.2) is 5.76 Å². The molecule has 0 saturated carbocycles. The number of halogens is 1. The molecule has 0 aliphatic carbocycles. The van der Waals surface area contributed by atoms with Gasteiger partial charge in [-0.3, -0.25) is 4.72 Å². The van der Waals surface area contributed by atoms with Crippen molar-refractivity contribution in [3.05, 3.63) is 58.2 Å². The third kappa shape index (κ3) is 3.79. The third-order valence-corrected chi connectivity index (χ3v) is 5.93. The summed E-state index contributed by atoms with van der Waals surface area (Å²) >= 11 is 5.94. The number of nitrogens with one attached hydrogen (secondary N) is 1. The summed E-state index contributed by atoms with van der Waals surface area (Å²) in [6.07, 6.45) is 0. The predicted molar refractivity (Wildman–Crippen MR) is 105 cm³/mol. The van der Waals surface area contributed by atoms with E-state index >= 15 is 0 Å². The van der Waals surface area contributed by atoms with Crippen molar-refractivity contribution in [2.24, 2.45) is 0 Å². The second kappa shape index (κ2) is 7.25. The number of methoxy groups -OCH3 is 1. The second-order valence-electron chi connectivity index (χ2n) is 6.15. The molecule has 0 unspecified atom stereocenters. The first kappa shape index (κ1) is 19.3. The largest absolute Gasteiger partial charge is 0.495 e. The van der Waals surface area contributed by atoms with Crippen LogP contribution in [0.25, 0.3) is 11.3 Å². The van der Waals surface area contributed by atoms with E-state index in [4.69, 9.17) is 20.9 Å². The zero-order chi connectivity index (χ0) is 19.8. The number of sulfonamides is 1. The summed E-state index contributed by atoms with van der Waals surface area (Å²) in [7, 11) is -2.49. The minimum atomic E-state index is -3.91. The van der Waals surface area contributed by atoms with E-state index in [2.05, 4.69) is 9.88 Å². The van der Waals surface area contributed by atoms with Crippen molar-refractivity contribution in [3.63, 3.8) is 0 Å². The van der Waals surface area contributed by atoms with Crippen LogP contribution in [0.3, 0.4) is 0 Å². The highest BCUT2D eigenvalue weighted by atomic mass is 35.5. The van der Waals surface area contributed by atoms with E-state index in [0.717, 1.165) is 11.3 Å². The summed E-state index contributed by atoms with van der Waals surface area (Å²) in [4.78, 5) is 0.00491. The van der Waals surface area contributed by atoms with Gasteiger partial charge in [0.05, 0.1) is 18.5 Å². The van der Waals surface area contributed by atoms with Crippen molar-refractivity contribution in [1.82, 2.24) is 5.16 Å². The lowest BCUT2D eigenvalue weighted by molar-refractivity contribution is 0.402. The Hall–Kier alpha value is -2.51. The van der Waals surface area contributed by atoms with Gasteiger partial charge < -0.3 is 9.26 Å². The number of rotatable bonds is 5. The first-order valence-corrected chi connectivity index (χ1v) is 9.99. The molecule has 1 aromatic heterocycles. The third-order valence-electron chi connectivity index (χ3n) is 4.31. The Labute approximate surface area is 163 Å². The van der Waals surface area contributed by atoms with E-state index in [1.165, 1.54) is 13.2 Å². The van der Waals surface area contributed by atoms with Crippen molar-refractivity contribution in [3.8, 4) is 17.1 Å². The molecule has 27 heavy (non-hydrogen) atoms. The van der Waals surface area contributed by atoms with Crippen LogP contribution in [0.4, 0.5) is 5.69 Å². The molecular formula is C19H19ClN2O4S. The molecule has 8 heteroatoms. The van der Waals surface area contributed by atoms with E-state index in [9.17, 15) is 8.42 Å². The van der Waals surface area contributed by atoms with Crippen LogP contribution in [0, 0.1) is 20.8 Å². The van der Waals surface area contributed by atoms with Crippen molar-refractivity contribution in [2.45, 2.75) is 25.7 Å². The molecule has 0 fully saturated rings. The van der Waals surface area contributed by atoms with Gasteiger partial charge in [0.1, 0.15) is 10.6 Å². The molecule has 0 radical (unpaired) electrons. The number of ether oxygens (including phenoxy) is 1. The molecule has 0 saturated heterocycles. The maximum absolute atomic E-state index is 13.0. The van der Waals surface area contributed by atoms with Crippen LogP contribution in [-0.2, 0) is 10.0 Å². The average Bonchev–Trinajstić information content (AvgIpc) is 2.96. The molecule has 0 aliphatic rings. The van der Waals surface area contributed by atoms with Gasteiger partial charge in [-0.05, 0) is 62.7 Å². The Morgan fingerprint density at radius 2 is 1.85 bits per heavy atom. The van der Waals surface area contributed by atoms with E-state index in [1.54, 1.807) is 37.3 Å². The molecule has 3 rings (SSSR count). The number of nitrogens with zero attached hydrogens (tertiary/aromatic N) is 1. The number of aryl methyl sites for hydroxylation is 2. The molecule has 142 valence electrons. The molecule has 0 amide bonds. The van der Waals surface area contributed by atoms with Crippen LogP contribution in [0.1, 0.15) is 16.8 Å². The molecule has 2 aromatic carbocycles. The summed E-state index contributed by atoms with van der Waals surface area (Å²) in [5.74, 6) is 0.751. The maximum Gasteiger partial charge on any atom is 0.265 e.